The van der Waals surface area contributed by atoms with Crippen LogP contribution < -0.4 is 0 Å². The van der Waals surface area contributed by atoms with Gasteiger partial charge in [0.15, 0.2) is 0 Å². The van der Waals surface area contributed by atoms with Crippen molar-refractivity contribution in [3.63, 3.8) is 0 Å². The minimum absolute atomic E-state index is 0.563. The number of benzene rings is 1. The fraction of sp³-hybridized carbons (Fsp3) is 0.250. The highest BCUT2D eigenvalue weighted by molar-refractivity contribution is 6.30. The minimum atomic E-state index is 0.563. The lowest BCUT2D eigenvalue weighted by molar-refractivity contribution is 0.272. The van der Waals surface area contributed by atoms with E-state index in [1.54, 1.807) is 12.3 Å². The molecule has 2 nitrogen and oxygen atoms in total. The lowest BCUT2D eigenvalue weighted by Gasteiger charge is -2.03. The van der Waals surface area contributed by atoms with Gasteiger partial charge in [0.25, 0.3) is 0 Å². The molecule has 0 atom stereocenters. The lowest BCUT2D eigenvalue weighted by Crippen LogP contribution is -1.88. The molecule has 1 rings (SSSR count). The number of rotatable bonds is 3. The fourth-order valence-electron chi connectivity index (χ4n) is 1.21. The van der Waals surface area contributed by atoms with E-state index >= 15 is 0 Å². The first-order valence-electron chi connectivity index (χ1n) is 4.67. The third-order valence-corrected chi connectivity index (χ3v) is 2.26. The molecular formula is C12H12ClNO. The summed E-state index contributed by atoms with van der Waals surface area (Å²) in [5.74, 6) is 0. The first-order chi connectivity index (χ1) is 7.19. The van der Waals surface area contributed by atoms with E-state index in [0.29, 0.717) is 17.2 Å². The third-order valence-electron chi connectivity index (χ3n) is 2.04. The summed E-state index contributed by atoms with van der Waals surface area (Å²) in [7, 11) is 0. The van der Waals surface area contributed by atoms with E-state index < -0.39 is 0 Å². The molecule has 0 unspecified atom stereocenters. The highest BCUT2D eigenvalue weighted by atomic mass is 35.5. The summed E-state index contributed by atoms with van der Waals surface area (Å²) in [4.78, 5) is 0. The molecule has 0 aliphatic carbocycles. The Balaban J connectivity index is 3.08. The van der Waals surface area contributed by atoms with E-state index in [9.17, 15) is 0 Å². The molecule has 0 aliphatic heterocycles. The molecule has 1 aromatic rings. The smallest absolute Gasteiger partial charge is 0.0995 e. The summed E-state index contributed by atoms with van der Waals surface area (Å²) >= 11 is 5.89. The van der Waals surface area contributed by atoms with Gasteiger partial charge in [-0.2, -0.15) is 5.26 Å². The zero-order valence-corrected chi connectivity index (χ0v) is 9.51. The van der Waals surface area contributed by atoms with Gasteiger partial charge in [-0.25, -0.2) is 0 Å². The molecule has 3 heteroatoms. The van der Waals surface area contributed by atoms with Crippen molar-refractivity contribution in [1.29, 1.82) is 5.26 Å². The second-order valence-corrected chi connectivity index (χ2v) is 3.47. The van der Waals surface area contributed by atoms with Crippen molar-refractivity contribution in [3.05, 3.63) is 40.1 Å². The molecule has 0 aromatic heterocycles. The molecule has 0 fully saturated rings. The van der Waals surface area contributed by atoms with E-state index in [0.717, 1.165) is 11.1 Å². The van der Waals surface area contributed by atoms with Gasteiger partial charge in [0.2, 0.25) is 0 Å². The minimum Gasteiger partial charge on any atom is -0.501 e. The quantitative estimate of drug-likeness (QED) is 0.732. The van der Waals surface area contributed by atoms with Crippen LogP contribution in [0.2, 0.25) is 5.02 Å². The predicted molar refractivity (Wildman–Crippen MR) is 61.6 cm³/mol. The van der Waals surface area contributed by atoms with Crippen molar-refractivity contribution < 1.29 is 4.74 Å². The van der Waals surface area contributed by atoms with E-state index in [1.165, 1.54) is 0 Å². The Morgan fingerprint density at radius 1 is 1.53 bits per heavy atom. The van der Waals surface area contributed by atoms with Crippen LogP contribution in [0, 0.1) is 18.3 Å². The molecule has 0 amide bonds. The first-order valence-corrected chi connectivity index (χ1v) is 5.05. The number of nitrogens with zero attached hydrogens (tertiary/aromatic N) is 1. The number of hydrogen-bond donors (Lipinski definition) is 0. The standard InChI is InChI=1S/C12H12ClNO/c1-3-15-5-4-10-6-12(13)7-11(8-14)9(10)2/h4-7H,3H2,1-2H3/b5-4+. The molecule has 1 aromatic carbocycles. The number of ether oxygens (including phenoxy) is 1. The molecular weight excluding hydrogens is 210 g/mol. The van der Waals surface area contributed by atoms with Crippen LogP contribution in [0.15, 0.2) is 18.4 Å². The zero-order valence-electron chi connectivity index (χ0n) is 8.75. The van der Waals surface area contributed by atoms with Gasteiger partial charge < -0.3 is 4.74 Å². The molecule has 0 saturated carbocycles. The Labute approximate surface area is 94.7 Å². The molecule has 0 bridgehead atoms. The summed E-state index contributed by atoms with van der Waals surface area (Å²) in [6.45, 7) is 4.43. The van der Waals surface area contributed by atoms with E-state index in [4.69, 9.17) is 21.6 Å². The Hall–Kier alpha value is -1.46. The van der Waals surface area contributed by atoms with Crippen LogP contribution in [0.25, 0.3) is 6.08 Å². The first kappa shape index (κ1) is 11.6. The molecule has 0 N–H and O–H groups in total. The van der Waals surface area contributed by atoms with Crippen LogP contribution >= 0.6 is 11.6 Å². The van der Waals surface area contributed by atoms with Crippen molar-refractivity contribution in [2.75, 3.05) is 6.61 Å². The monoisotopic (exact) mass is 221 g/mol. The highest BCUT2D eigenvalue weighted by Gasteiger charge is 2.03. The van der Waals surface area contributed by atoms with E-state index in [-0.39, 0.29) is 0 Å². The molecule has 0 saturated heterocycles. The van der Waals surface area contributed by atoms with Gasteiger partial charge in [-0.05, 0) is 43.2 Å². The maximum Gasteiger partial charge on any atom is 0.0995 e. The molecule has 15 heavy (non-hydrogen) atoms. The Morgan fingerprint density at radius 2 is 2.27 bits per heavy atom. The van der Waals surface area contributed by atoms with Crippen molar-refractivity contribution in [3.8, 4) is 6.07 Å². The van der Waals surface area contributed by atoms with Crippen molar-refractivity contribution in [2.45, 2.75) is 13.8 Å². The van der Waals surface area contributed by atoms with Crippen molar-refractivity contribution in [2.24, 2.45) is 0 Å². The summed E-state index contributed by atoms with van der Waals surface area (Å²) in [5.41, 5.74) is 2.42. The summed E-state index contributed by atoms with van der Waals surface area (Å²) in [5, 5.41) is 9.44. The number of halogens is 1. The second kappa shape index (κ2) is 5.43. The van der Waals surface area contributed by atoms with Crippen molar-refractivity contribution >= 4 is 17.7 Å². The van der Waals surface area contributed by atoms with Crippen LogP contribution in [0.4, 0.5) is 0 Å². The van der Waals surface area contributed by atoms with Gasteiger partial charge in [0, 0.05) is 5.02 Å². The van der Waals surface area contributed by atoms with Crippen LogP contribution in [-0.4, -0.2) is 6.61 Å². The third kappa shape index (κ3) is 3.00. The summed E-state index contributed by atoms with van der Waals surface area (Å²) < 4.78 is 5.10. The van der Waals surface area contributed by atoms with Gasteiger partial charge in [-0.15, -0.1) is 0 Å². The van der Waals surface area contributed by atoms with Gasteiger partial charge in [-0.3, -0.25) is 0 Å². The summed E-state index contributed by atoms with van der Waals surface area (Å²) in [6, 6.07) is 5.58. The van der Waals surface area contributed by atoms with E-state index in [1.807, 2.05) is 26.0 Å². The maximum absolute atomic E-state index is 8.87. The highest BCUT2D eigenvalue weighted by Crippen LogP contribution is 2.21. The van der Waals surface area contributed by atoms with Crippen molar-refractivity contribution in [1.82, 2.24) is 0 Å². The molecule has 0 spiro atoms. The maximum atomic E-state index is 8.87. The Morgan fingerprint density at radius 3 is 2.87 bits per heavy atom. The molecule has 0 aliphatic rings. The van der Waals surface area contributed by atoms with Crippen LogP contribution in [0.5, 0.6) is 0 Å². The largest absolute Gasteiger partial charge is 0.501 e. The normalized spacial score (nSPS) is 10.3. The lowest BCUT2D eigenvalue weighted by atomic mass is 10.0. The van der Waals surface area contributed by atoms with Crippen LogP contribution in [0.3, 0.4) is 0 Å². The van der Waals surface area contributed by atoms with Crippen LogP contribution in [-0.2, 0) is 4.74 Å². The van der Waals surface area contributed by atoms with E-state index in [2.05, 4.69) is 6.07 Å². The SMILES string of the molecule is CCO/C=C/c1cc(Cl)cc(C#N)c1C. The molecule has 0 radical (unpaired) electrons. The Bertz CT molecular complexity index is 418. The molecule has 78 valence electrons. The zero-order chi connectivity index (χ0) is 11.3. The fourth-order valence-corrected chi connectivity index (χ4v) is 1.43. The average Bonchev–Trinajstić information content (AvgIpc) is 2.23. The van der Waals surface area contributed by atoms with Crippen LogP contribution in [0.1, 0.15) is 23.6 Å². The number of nitriles is 1. The summed E-state index contributed by atoms with van der Waals surface area (Å²) in [6.07, 6.45) is 3.42. The average molecular weight is 222 g/mol. The predicted octanol–water partition coefficient (Wildman–Crippen LogP) is 3.53. The topological polar surface area (TPSA) is 33.0 Å². The number of hydrogen-bond acceptors (Lipinski definition) is 2. The van der Waals surface area contributed by atoms with Gasteiger partial charge in [-0.1, -0.05) is 11.6 Å². The Kier molecular flexibility index (Phi) is 4.20. The van der Waals surface area contributed by atoms with Gasteiger partial charge in [0.1, 0.15) is 0 Å². The van der Waals surface area contributed by atoms with Gasteiger partial charge in [0.05, 0.1) is 24.5 Å². The van der Waals surface area contributed by atoms with Gasteiger partial charge >= 0.3 is 0 Å². The second-order valence-electron chi connectivity index (χ2n) is 3.04. The molecule has 0 heterocycles.